The Morgan fingerprint density at radius 3 is 2.57 bits per heavy atom. The molecule has 4 nitrogen and oxygen atoms in total. The minimum absolute atomic E-state index is 0.0689. The van der Waals surface area contributed by atoms with Crippen LogP contribution in [0.1, 0.15) is 12.5 Å². The summed E-state index contributed by atoms with van der Waals surface area (Å²) < 4.78 is 0.802. The number of rotatable bonds is 5. The maximum absolute atomic E-state index is 10.8. The molecule has 110 valence electrons. The third-order valence-electron chi connectivity index (χ3n) is 3.02. The van der Waals surface area contributed by atoms with Gasteiger partial charge in [-0.2, -0.15) is 0 Å². The fourth-order valence-electron chi connectivity index (χ4n) is 2.03. The molecule has 0 aromatic heterocycles. The van der Waals surface area contributed by atoms with Gasteiger partial charge in [0.1, 0.15) is 0 Å². The molecule has 0 saturated heterocycles. The SMILES string of the molecule is CC(Cc1ccc(Cl)cc1)Nc1cc([N+](=O)[O-])ccc1Br. The highest BCUT2D eigenvalue weighted by molar-refractivity contribution is 9.10. The van der Waals surface area contributed by atoms with Gasteiger partial charge in [-0.25, -0.2) is 0 Å². The van der Waals surface area contributed by atoms with Crippen molar-refractivity contribution in [2.24, 2.45) is 0 Å². The normalized spacial score (nSPS) is 12.0. The van der Waals surface area contributed by atoms with Crippen LogP contribution in [0.3, 0.4) is 0 Å². The zero-order valence-corrected chi connectivity index (χ0v) is 13.7. The second-order valence-electron chi connectivity index (χ2n) is 4.80. The molecule has 2 aromatic rings. The molecule has 2 rings (SSSR count). The fourth-order valence-corrected chi connectivity index (χ4v) is 2.52. The summed E-state index contributed by atoms with van der Waals surface area (Å²) in [5, 5.41) is 14.8. The van der Waals surface area contributed by atoms with Crippen molar-refractivity contribution in [1.82, 2.24) is 0 Å². The molecular formula is C15H14BrClN2O2. The molecule has 0 spiro atoms. The highest BCUT2D eigenvalue weighted by Crippen LogP contribution is 2.28. The summed E-state index contributed by atoms with van der Waals surface area (Å²) in [6.07, 6.45) is 0.798. The molecule has 21 heavy (non-hydrogen) atoms. The van der Waals surface area contributed by atoms with Gasteiger partial charge in [-0.05, 0) is 53.0 Å². The van der Waals surface area contributed by atoms with E-state index in [-0.39, 0.29) is 11.7 Å². The third kappa shape index (κ3) is 4.44. The highest BCUT2D eigenvalue weighted by Gasteiger charge is 2.11. The predicted molar refractivity (Wildman–Crippen MR) is 89.0 cm³/mol. The monoisotopic (exact) mass is 368 g/mol. The van der Waals surface area contributed by atoms with E-state index in [1.807, 2.05) is 31.2 Å². The molecule has 0 bridgehead atoms. The number of nitro groups is 1. The van der Waals surface area contributed by atoms with Gasteiger partial charge in [-0.3, -0.25) is 10.1 Å². The smallest absolute Gasteiger partial charge is 0.271 e. The lowest BCUT2D eigenvalue weighted by atomic mass is 10.1. The van der Waals surface area contributed by atoms with E-state index in [0.29, 0.717) is 10.7 Å². The van der Waals surface area contributed by atoms with E-state index in [0.717, 1.165) is 16.5 Å². The van der Waals surface area contributed by atoms with Crippen LogP contribution in [0.5, 0.6) is 0 Å². The summed E-state index contributed by atoms with van der Waals surface area (Å²) in [6.45, 7) is 2.03. The lowest BCUT2D eigenvalue weighted by Gasteiger charge is -2.16. The first-order valence-corrected chi connectivity index (χ1v) is 7.57. The van der Waals surface area contributed by atoms with Crippen molar-refractivity contribution in [3.63, 3.8) is 0 Å². The first-order valence-electron chi connectivity index (χ1n) is 6.40. The molecule has 0 heterocycles. The lowest BCUT2D eigenvalue weighted by molar-refractivity contribution is -0.384. The Hall–Kier alpha value is -1.59. The molecule has 2 aromatic carbocycles. The van der Waals surface area contributed by atoms with Crippen molar-refractivity contribution in [1.29, 1.82) is 0 Å². The molecule has 0 fully saturated rings. The number of halogens is 2. The van der Waals surface area contributed by atoms with Gasteiger partial charge in [0.25, 0.3) is 5.69 Å². The van der Waals surface area contributed by atoms with Gasteiger partial charge in [0.2, 0.25) is 0 Å². The molecular weight excluding hydrogens is 356 g/mol. The Balaban J connectivity index is 2.08. The van der Waals surface area contributed by atoms with Gasteiger partial charge in [0.05, 0.1) is 10.6 Å². The number of hydrogen-bond donors (Lipinski definition) is 1. The molecule has 1 N–H and O–H groups in total. The summed E-state index contributed by atoms with van der Waals surface area (Å²) in [5.41, 5.74) is 1.94. The van der Waals surface area contributed by atoms with E-state index in [1.54, 1.807) is 6.07 Å². The van der Waals surface area contributed by atoms with Crippen molar-refractivity contribution >= 4 is 38.9 Å². The Bertz CT molecular complexity index is 647. The number of anilines is 1. The first-order chi connectivity index (χ1) is 9.95. The zero-order valence-electron chi connectivity index (χ0n) is 11.3. The van der Waals surface area contributed by atoms with Gasteiger partial charge < -0.3 is 5.32 Å². The second-order valence-corrected chi connectivity index (χ2v) is 6.09. The van der Waals surface area contributed by atoms with Gasteiger partial charge in [0.15, 0.2) is 0 Å². The quantitative estimate of drug-likeness (QED) is 0.592. The second kappa shape index (κ2) is 6.91. The molecule has 0 radical (unpaired) electrons. The zero-order chi connectivity index (χ0) is 15.4. The minimum atomic E-state index is -0.401. The van der Waals surface area contributed by atoms with Crippen LogP contribution in [0.15, 0.2) is 46.9 Å². The standard InChI is InChI=1S/C15H14BrClN2O2/c1-10(8-11-2-4-12(17)5-3-11)18-15-9-13(19(20)21)6-7-14(15)16/h2-7,9-10,18H,8H2,1H3. The van der Waals surface area contributed by atoms with Crippen LogP contribution in [0.25, 0.3) is 0 Å². The first kappa shape index (κ1) is 15.8. The Morgan fingerprint density at radius 2 is 1.95 bits per heavy atom. The van der Waals surface area contributed by atoms with Gasteiger partial charge in [-0.1, -0.05) is 23.7 Å². The maximum Gasteiger partial charge on any atom is 0.271 e. The van der Waals surface area contributed by atoms with Crippen LogP contribution < -0.4 is 5.32 Å². The van der Waals surface area contributed by atoms with Crippen LogP contribution in [-0.4, -0.2) is 11.0 Å². The maximum atomic E-state index is 10.8. The van der Waals surface area contributed by atoms with Crippen molar-refractivity contribution < 1.29 is 4.92 Å². The van der Waals surface area contributed by atoms with Crippen molar-refractivity contribution in [3.05, 3.63) is 67.6 Å². The highest BCUT2D eigenvalue weighted by atomic mass is 79.9. The topological polar surface area (TPSA) is 55.2 Å². The molecule has 0 aliphatic rings. The average Bonchev–Trinajstić information content (AvgIpc) is 2.43. The minimum Gasteiger partial charge on any atom is -0.381 e. The summed E-state index contributed by atoms with van der Waals surface area (Å²) in [7, 11) is 0. The number of non-ortho nitro benzene ring substituents is 1. The number of benzene rings is 2. The van der Waals surface area contributed by atoms with E-state index >= 15 is 0 Å². The molecule has 1 unspecified atom stereocenters. The van der Waals surface area contributed by atoms with E-state index < -0.39 is 4.92 Å². The molecule has 0 aliphatic heterocycles. The van der Waals surface area contributed by atoms with E-state index in [4.69, 9.17) is 11.6 Å². The summed E-state index contributed by atoms with van der Waals surface area (Å²) >= 11 is 9.26. The van der Waals surface area contributed by atoms with Crippen LogP contribution in [0.2, 0.25) is 5.02 Å². The summed E-state index contributed by atoms with van der Waals surface area (Å²) in [6, 6.07) is 12.5. The number of nitrogens with one attached hydrogen (secondary N) is 1. The summed E-state index contributed by atoms with van der Waals surface area (Å²) in [5.74, 6) is 0. The van der Waals surface area contributed by atoms with E-state index in [9.17, 15) is 10.1 Å². The fraction of sp³-hybridized carbons (Fsp3) is 0.200. The van der Waals surface area contributed by atoms with Crippen molar-refractivity contribution in [3.8, 4) is 0 Å². The van der Waals surface area contributed by atoms with Crippen LogP contribution in [0.4, 0.5) is 11.4 Å². The van der Waals surface area contributed by atoms with Crippen molar-refractivity contribution in [2.45, 2.75) is 19.4 Å². The molecule has 0 saturated carbocycles. The Labute approximate surface area is 136 Å². The largest absolute Gasteiger partial charge is 0.381 e. The molecule has 1 atom stereocenters. The van der Waals surface area contributed by atoms with E-state index in [1.165, 1.54) is 12.1 Å². The molecule has 0 amide bonds. The van der Waals surface area contributed by atoms with Gasteiger partial charge >= 0.3 is 0 Å². The van der Waals surface area contributed by atoms with Gasteiger partial charge in [0, 0.05) is 27.7 Å². The van der Waals surface area contributed by atoms with Gasteiger partial charge in [-0.15, -0.1) is 0 Å². The van der Waals surface area contributed by atoms with Crippen LogP contribution in [-0.2, 0) is 6.42 Å². The average molecular weight is 370 g/mol. The third-order valence-corrected chi connectivity index (χ3v) is 3.96. The number of hydrogen-bond acceptors (Lipinski definition) is 3. The van der Waals surface area contributed by atoms with Crippen LogP contribution >= 0.6 is 27.5 Å². The van der Waals surface area contributed by atoms with Crippen molar-refractivity contribution in [2.75, 3.05) is 5.32 Å². The number of nitrogens with zero attached hydrogens (tertiary/aromatic N) is 1. The number of nitro benzene ring substituents is 1. The lowest BCUT2D eigenvalue weighted by Crippen LogP contribution is -2.18. The molecule has 0 aliphatic carbocycles. The van der Waals surface area contributed by atoms with Crippen LogP contribution in [0, 0.1) is 10.1 Å². The predicted octanol–water partition coefficient (Wildman–Crippen LogP) is 5.05. The summed E-state index contributed by atoms with van der Waals surface area (Å²) in [4.78, 5) is 10.4. The van der Waals surface area contributed by atoms with E-state index in [2.05, 4.69) is 21.2 Å². The Kier molecular flexibility index (Phi) is 5.20. The molecule has 6 heteroatoms. The Morgan fingerprint density at radius 1 is 1.29 bits per heavy atom.